The van der Waals surface area contributed by atoms with Gasteiger partial charge in [-0.3, -0.25) is 4.79 Å². The summed E-state index contributed by atoms with van der Waals surface area (Å²) in [7, 11) is 0. The second-order valence-electron chi connectivity index (χ2n) is 6.35. The standard InChI is InChI=1S/C20H22FNO3/c21-17-9-4-10-18(23)20(17)22-19(24)12-11-14-5-3-8-16(13-14)25-15-6-1-2-7-15/h3-5,8-10,13,15,23H,1-2,6-7,11-12H2,(H,22,24). The molecule has 2 N–H and O–H groups in total. The Bertz CT molecular complexity index is 721. The molecule has 0 bridgehead atoms. The molecule has 3 rings (SSSR count). The molecule has 0 spiro atoms. The van der Waals surface area contributed by atoms with Gasteiger partial charge in [0, 0.05) is 6.42 Å². The summed E-state index contributed by atoms with van der Waals surface area (Å²) < 4.78 is 19.6. The van der Waals surface area contributed by atoms with Crippen LogP contribution in [-0.2, 0) is 11.2 Å². The number of para-hydroxylation sites is 1. The van der Waals surface area contributed by atoms with Gasteiger partial charge in [-0.15, -0.1) is 0 Å². The van der Waals surface area contributed by atoms with E-state index in [1.165, 1.54) is 31.0 Å². The molecule has 1 aliphatic rings. The number of carbonyl (C=O) groups is 1. The maximum atomic E-state index is 13.6. The fourth-order valence-corrected chi connectivity index (χ4v) is 3.07. The van der Waals surface area contributed by atoms with Crippen LogP contribution in [0.2, 0.25) is 0 Å². The number of phenols is 1. The van der Waals surface area contributed by atoms with Crippen LogP contribution in [0.25, 0.3) is 0 Å². The third-order valence-corrected chi connectivity index (χ3v) is 4.40. The van der Waals surface area contributed by atoms with Crippen LogP contribution in [0.5, 0.6) is 11.5 Å². The molecule has 132 valence electrons. The van der Waals surface area contributed by atoms with E-state index in [-0.39, 0.29) is 23.8 Å². The molecule has 2 aromatic carbocycles. The zero-order valence-electron chi connectivity index (χ0n) is 14.0. The van der Waals surface area contributed by atoms with Crippen molar-refractivity contribution in [3.05, 3.63) is 53.8 Å². The minimum Gasteiger partial charge on any atom is -0.506 e. The molecule has 25 heavy (non-hydrogen) atoms. The van der Waals surface area contributed by atoms with E-state index in [2.05, 4.69) is 5.32 Å². The lowest BCUT2D eigenvalue weighted by atomic mass is 10.1. The molecule has 1 saturated carbocycles. The van der Waals surface area contributed by atoms with Crippen molar-refractivity contribution in [1.29, 1.82) is 0 Å². The van der Waals surface area contributed by atoms with Crippen molar-refractivity contribution in [1.82, 2.24) is 0 Å². The lowest BCUT2D eigenvalue weighted by Gasteiger charge is -2.14. The maximum Gasteiger partial charge on any atom is 0.224 e. The van der Waals surface area contributed by atoms with Gasteiger partial charge in [-0.2, -0.15) is 0 Å². The monoisotopic (exact) mass is 343 g/mol. The number of hydrogen-bond donors (Lipinski definition) is 2. The number of amides is 1. The summed E-state index contributed by atoms with van der Waals surface area (Å²) in [5, 5.41) is 12.1. The van der Waals surface area contributed by atoms with Crippen molar-refractivity contribution >= 4 is 11.6 Å². The smallest absolute Gasteiger partial charge is 0.224 e. The highest BCUT2D eigenvalue weighted by Crippen LogP contribution is 2.27. The number of phenolic OH excluding ortho intramolecular Hbond substituents is 1. The number of rotatable bonds is 6. The Labute approximate surface area is 146 Å². The molecule has 0 unspecified atom stereocenters. The second-order valence-corrected chi connectivity index (χ2v) is 6.35. The minimum atomic E-state index is -0.652. The quantitative estimate of drug-likeness (QED) is 0.763. The Morgan fingerprint density at radius 3 is 2.72 bits per heavy atom. The van der Waals surface area contributed by atoms with E-state index in [1.807, 2.05) is 24.3 Å². The van der Waals surface area contributed by atoms with E-state index in [0.717, 1.165) is 24.2 Å². The molecule has 0 saturated heterocycles. The van der Waals surface area contributed by atoms with Gasteiger partial charge in [0.1, 0.15) is 17.2 Å². The van der Waals surface area contributed by atoms with Crippen molar-refractivity contribution in [2.45, 2.75) is 44.6 Å². The Kier molecular flexibility index (Phi) is 5.53. The number of aryl methyl sites for hydroxylation is 1. The van der Waals surface area contributed by atoms with Crippen molar-refractivity contribution in [3.63, 3.8) is 0 Å². The summed E-state index contributed by atoms with van der Waals surface area (Å²) in [6.07, 6.45) is 5.63. The fraction of sp³-hybridized carbons (Fsp3) is 0.350. The molecule has 1 amide bonds. The van der Waals surface area contributed by atoms with E-state index in [0.29, 0.717) is 12.5 Å². The minimum absolute atomic E-state index is 0.175. The van der Waals surface area contributed by atoms with Gasteiger partial charge in [0.2, 0.25) is 5.91 Å². The van der Waals surface area contributed by atoms with Crippen LogP contribution >= 0.6 is 0 Å². The largest absolute Gasteiger partial charge is 0.506 e. The molecular formula is C20H22FNO3. The van der Waals surface area contributed by atoms with Crippen LogP contribution < -0.4 is 10.1 Å². The average Bonchev–Trinajstić information content (AvgIpc) is 3.10. The van der Waals surface area contributed by atoms with Gasteiger partial charge < -0.3 is 15.2 Å². The lowest BCUT2D eigenvalue weighted by molar-refractivity contribution is -0.116. The fourth-order valence-electron chi connectivity index (χ4n) is 3.07. The van der Waals surface area contributed by atoms with Crippen LogP contribution in [0.3, 0.4) is 0 Å². The number of ether oxygens (including phenoxy) is 1. The van der Waals surface area contributed by atoms with Gasteiger partial charge >= 0.3 is 0 Å². The Morgan fingerprint density at radius 2 is 1.96 bits per heavy atom. The van der Waals surface area contributed by atoms with Gasteiger partial charge in [0.15, 0.2) is 5.82 Å². The predicted molar refractivity (Wildman–Crippen MR) is 94.3 cm³/mol. The Morgan fingerprint density at radius 1 is 1.20 bits per heavy atom. The predicted octanol–water partition coefficient (Wildman–Crippen LogP) is 4.42. The molecule has 0 radical (unpaired) electrons. The molecule has 1 aliphatic carbocycles. The normalized spacial score (nSPS) is 14.4. The molecular weight excluding hydrogens is 321 g/mol. The lowest BCUT2D eigenvalue weighted by Crippen LogP contribution is -2.14. The van der Waals surface area contributed by atoms with Gasteiger partial charge in [-0.25, -0.2) is 4.39 Å². The van der Waals surface area contributed by atoms with E-state index in [1.54, 1.807) is 0 Å². The summed E-state index contributed by atoms with van der Waals surface area (Å²) >= 11 is 0. The number of anilines is 1. The maximum absolute atomic E-state index is 13.6. The van der Waals surface area contributed by atoms with Crippen molar-refractivity contribution in [2.75, 3.05) is 5.32 Å². The van der Waals surface area contributed by atoms with E-state index < -0.39 is 5.82 Å². The first-order chi connectivity index (χ1) is 12.1. The van der Waals surface area contributed by atoms with Crippen molar-refractivity contribution in [3.8, 4) is 11.5 Å². The zero-order valence-corrected chi connectivity index (χ0v) is 14.0. The van der Waals surface area contributed by atoms with E-state index >= 15 is 0 Å². The van der Waals surface area contributed by atoms with Crippen LogP contribution in [0.1, 0.15) is 37.7 Å². The molecule has 0 heterocycles. The molecule has 2 aromatic rings. The van der Waals surface area contributed by atoms with Crippen LogP contribution in [-0.4, -0.2) is 17.1 Å². The molecule has 0 atom stereocenters. The van der Waals surface area contributed by atoms with Crippen molar-refractivity contribution < 1.29 is 19.0 Å². The summed E-state index contributed by atoms with van der Waals surface area (Å²) in [6, 6.07) is 11.7. The summed E-state index contributed by atoms with van der Waals surface area (Å²) in [4.78, 5) is 12.0. The number of hydrogen-bond acceptors (Lipinski definition) is 3. The summed E-state index contributed by atoms with van der Waals surface area (Å²) in [6.45, 7) is 0. The number of carbonyl (C=O) groups excluding carboxylic acids is 1. The van der Waals surface area contributed by atoms with Crippen LogP contribution in [0, 0.1) is 5.82 Å². The average molecular weight is 343 g/mol. The highest BCUT2D eigenvalue weighted by Gasteiger charge is 2.16. The van der Waals surface area contributed by atoms with Crippen molar-refractivity contribution in [2.24, 2.45) is 0 Å². The number of aromatic hydroxyl groups is 1. The van der Waals surface area contributed by atoms with Gasteiger partial charge in [0.25, 0.3) is 0 Å². The topological polar surface area (TPSA) is 58.6 Å². The highest BCUT2D eigenvalue weighted by molar-refractivity contribution is 5.92. The van der Waals surface area contributed by atoms with Crippen LogP contribution in [0.15, 0.2) is 42.5 Å². The number of benzene rings is 2. The number of nitrogens with one attached hydrogen (secondary N) is 1. The second kappa shape index (κ2) is 8.01. The Balaban J connectivity index is 1.55. The SMILES string of the molecule is O=C(CCc1cccc(OC2CCCC2)c1)Nc1c(O)cccc1F. The highest BCUT2D eigenvalue weighted by atomic mass is 19.1. The van der Waals surface area contributed by atoms with Gasteiger partial charge in [-0.05, 0) is 61.9 Å². The van der Waals surface area contributed by atoms with Gasteiger partial charge in [-0.1, -0.05) is 18.2 Å². The Hall–Kier alpha value is -2.56. The number of halogens is 1. The molecule has 5 heteroatoms. The van der Waals surface area contributed by atoms with E-state index in [4.69, 9.17) is 4.74 Å². The van der Waals surface area contributed by atoms with E-state index in [9.17, 15) is 14.3 Å². The first-order valence-electron chi connectivity index (χ1n) is 8.65. The van der Waals surface area contributed by atoms with Gasteiger partial charge in [0.05, 0.1) is 6.10 Å². The third kappa shape index (κ3) is 4.72. The summed E-state index contributed by atoms with van der Waals surface area (Å²) in [5.41, 5.74) is 0.814. The molecule has 0 aliphatic heterocycles. The summed E-state index contributed by atoms with van der Waals surface area (Å²) in [5.74, 6) is -0.445. The zero-order chi connectivity index (χ0) is 17.6. The van der Waals surface area contributed by atoms with Crippen LogP contribution in [0.4, 0.5) is 10.1 Å². The molecule has 0 aromatic heterocycles. The molecule has 4 nitrogen and oxygen atoms in total. The molecule has 1 fully saturated rings. The first kappa shape index (κ1) is 17.3. The first-order valence-corrected chi connectivity index (χ1v) is 8.65. The third-order valence-electron chi connectivity index (χ3n) is 4.40.